The van der Waals surface area contributed by atoms with Crippen LogP contribution < -0.4 is 5.73 Å². The number of thiazole rings is 2. The Labute approximate surface area is 103 Å². The Morgan fingerprint density at radius 1 is 1.12 bits per heavy atom. The molecule has 0 bridgehead atoms. The second-order valence-electron chi connectivity index (χ2n) is 3.70. The highest BCUT2D eigenvalue weighted by Crippen LogP contribution is 2.33. The summed E-state index contributed by atoms with van der Waals surface area (Å²) in [6.45, 7) is 6.85. The molecule has 0 aliphatic rings. The summed E-state index contributed by atoms with van der Waals surface area (Å²) in [5, 5.41) is 2.22. The molecule has 2 aromatic rings. The van der Waals surface area contributed by atoms with E-state index in [9.17, 15) is 0 Å². The van der Waals surface area contributed by atoms with E-state index in [4.69, 9.17) is 5.73 Å². The van der Waals surface area contributed by atoms with Gasteiger partial charge in [-0.2, -0.15) is 0 Å². The van der Waals surface area contributed by atoms with Crippen molar-refractivity contribution < 1.29 is 0 Å². The molecule has 2 rings (SSSR count). The van der Waals surface area contributed by atoms with E-state index in [1.54, 1.807) is 22.7 Å². The molecule has 5 heteroatoms. The highest BCUT2D eigenvalue weighted by atomic mass is 32.1. The molecule has 0 spiro atoms. The number of nitrogens with two attached hydrogens (primary N) is 1. The SMILES string of the molecule is Cc1nc(C)c(-c2nc(CCN)sc2C)s1. The van der Waals surface area contributed by atoms with Crippen molar-refractivity contribution in [2.24, 2.45) is 5.73 Å². The lowest BCUT2D eigenvalue weighted by molar-refractivity contribution is 0.954. The van der Waals surface area contributed by atoms with Gasteiger partial charge in [0.25, 0.3) is 0 Å². The smallest absolute Gasteiger partial charge is 0.0962 e. The van der Waals surface area contributed by atoms with E-state index in [-0.39, 0.29) is 0 Å². The number of aryl methyl sites for hydroxylation is 3. The first-order chi connectivity index (χ1) is 7.61. The Hall–Kier alpha value is -0.780. The van der Waals surface area contributed by atoms with Gasteiger partial charge in [-0.1, -0.05) is 0 Å². The van der Waals surface area contributed by atoms with E-state index in [1.807, 2.05) is 13.8 Å². The summed E-state index contributed by atoms with van der Waals surface area (Å²) in [5.41, 5.74) is 7.72. The van der Waals surface area contributed by atoms with Crippen LogP contribution in [0.15, 0.2) is 0 Å². The number of aromatic nitrogens is 2. The summed E-state index contributed by atoms with van der Waals surface area (Å²) in [6, 6.07) is 0. The molecule has 0 radical (unpaired) electrons. The van der Waals surface area contributed by atoms with Crippen LogP contribution in [0, 0.1) is 20.8 Å². The monoisotopic (exact) mass is 253 g/mol. The predicted octanol–water partition coefficient (Wildman–Crippen LogP) is 2.69. The lowest BCUT2D eigenvalue weighted by Crippen LogP contribution is -2.01. The van der Waals surface area contributed by atoms with Crippen LogP contribution >= 0.6 is 22.7 Å². The highest BCUT2D eigenvalue weighted by Gasteiger charge is 2.14. The van der Waals surface area contributed by atoms with Gasteiger partial charge >= 0.3 is 0 Å². The van der Waals surface area contributed by atoms with Gasteiger partial charge in [0, 0.05) is 11.3 Å². The van der Waals surface area contributed by atoms with Gasteiger partial charge in [-0.3, -0.25) is 0 Å². The second-order valence-corrected chi connectivity index (χ2v) is 6.19. The number of hydrogen-bond donors (Lipinski definition) is 1. The van der Waals surface area contributed by atoms with Gasteiger partial charge < -0.3 is 5.73 Å². The van der Waals surface area contributed by atoms with Crippen LogP contribution in [0.5, 0.6) is 0 Å². The quantitative estimate of drug-likeness (QED) is 0.915. The maximum absolute atomic E-state index is 5.55. The van der Waals surface area contributed by atoms with Crippen molar-refractivity contribution in [2.45, 2.75) is 27.2 Å². The Bertz CT molecular complexity index is 499. The van der Waals surface area contributed by atoms with Gasteiger partial charge in [-0.15, -0.1) is 22.7 Å². The normalized spacial score (nSPS) is 11.0. The van der Waals surface area contributed by atoms with Crippen LogP contribution in [0.2, 0.25) is 0 Å². The van der Waals surface area contributed by atoms with Crippen LogP contribution in [0.25, 0.3) is 10.6 Å². The molecule has 0 saturated heterocycles. The predicted molar refractivity (Wildman–Crippen MR) is 70.2 cm³/mol. The molecule has 0 fully saturated rings. The first-order valence-electron chi connectivity index (χ1n) is 5.22. The maximum Gasteiger partial charge on any atom is 0.0962 e. The van der Waals surface area contributed by atoms with Crippen molar-refractivity contribution in [1.82, 2.24) is 9.97 Å². The fraction of sp³-hybridized carbons (Fsp3) is 0.455. The van der Waals surface area contributed by atoms with Gasteiger partial charge in [0.05, 0.1) is 26.3 Å². The second kappa shape index (κ2) is 4.61. The van der Waals surface area contributed by atoms with E-state index >= 15 is 0 Å². The van der Waals surface area contributed by atoms with Crippen molar-refractivity contribution >= 4 is 22.7 Å². The van der Waals surface area contributed by atoms with Gasteiger partial charge in [-0.05, 0) is 27.3 Å². The fourth-order valence-corrected chi connectivity index (χ4v) is 3.63. The average Bonchev–Trinajstić information content (AvgIpc) is 2.70. The third-order valence-corrected chi connectivity index (χ3v) is 4.43. The Morgan fingerprint density at radius 2 is 1.88 bits per heavy atom. The maximum atomic E-state index is 5.55. The standard InChI is InChI=1S/C11H15N3S2/c1-6-11(16-8(3)13-6)10-7(2)15-9(14-10)4-5-12/h4-5,12H2,1-3H3. The first-order valence-corrected chi connectivity index (χ1v) is 6.86. The van der Waals surface area contributed by atoms with Crippen LogP contribution in [0.3, 0.4) is 0 Å². The summed E-state index contributed by atoms with van der Waals surface area (Å²) < 4.78 is 0. The van der Waals surface area contributed by atoms with E-state index in [0.29, 0.717) is 6.54 Å². The molecule has 2 N–H and O–H groups in total. The molecular formula is C11H15N3S2. The number of hydrogen-bond acceptors (Lipinski definition) is 5. The molecule has 86 valence electrons. The number of nitrogens with zero attached hydrogens (tertiary/aromatic N) is 2. The summed E-state index contributed by atoms with van der Waals surface area (Å²) >= 11 is 3.45. The molecule has 0 amide bonds. The van der Waals surface area contributed by atoms with Crippen LogP contribution in [-0.2, 0) is 6.42 Å². The average molecular weight is 253 g/mol. The molecule has 0 unspecified atom stereocenters. The molecule has 3 nitrogen and oxygen atoms in total. The van der Waals surface area contributed by atoms with Gasteiger partial charge in [0.15, 0.2) is 0 Å². The third-order valence-electron chi connectivity index (χ3n) is 2.32. The third kappa shape index (κ3) is 2.16. The molecule has 16 heavy (non-hydrogen) atoms. The Morgan fingerprint density at radius 3 is 2.44 bits per heavy atom. The Balaban J connectivity index is 2.43. The topological polar surface area (TPSA) is 51.8 Å². The molecule has 2 heterocycles. The molecule has 0 atom stereocenters. The largest absolute Gasteiger partial charge is 0.330 e. The van der Waals surface area contributed by atoms with E-state index < -0.39 is 0 Å². The van der Waals surface area contributed by atoms with Crippen molar-refractivity contribution in [2.75, 3.05) is 6.54 Å². The fourth-order valence-electron chi connectivity index (χ4n) is 1.64. The van der Waals surface area contributed by atoms with E-state index in [2.05, 4.69) is 16.9 Å². The van der Waals surface area contributed by atoms with Crippen LogP contribution in [0.4, 0.5) is 0 Å². The zero-order chi connectivity index (χ0) is 11.7. The summed E-state index contributed by atoms with van der Waals surface area (Å²) in [4.78, 5) is 11.6. The van der Waals surface area contributed by atoms with Gasteiger partial charge in [0.1, 0.15) is 0 Å². The number of rotatable bonds is 3. The minimum Gasteiger partial charge on any atom is -0.330 e. The summed E-state index contributed by atoms with van der Waals surface area (Å²) in [5.74, 6) is 0. The molecule has 0 aromatic carbocycles. The highest BCUT2D eigenvalue weighted by molar-refractivity contribution is 7.16. The minimum atomic E-state index is 0.660. The van der Waals surface area contributed by atoms with Crippen molar-refractivity contribution in [3.8, 4) is 10.6 Å². The van der Waals surface area contributed by atoms with Gasteiger partial charge in [-0.25, -0.2) is 9.97 Å². The van der Waals surface area contributed by atoms with E-state index in [0.717, 1.165) is 27.8 Å². The van der Waals surface area contributed by atoms with Crippen molar-refractivity contribution in [1.29, 1.82) is 0 Å². The molecule has 2 aromatic heterocycles. The van der Waals surface area contributed by atoms with Crippen molar-refractivity contribution in [3.05, 3.63) is 20.6 Å². The molecular weight excluding hydrogens is 238 g/mol. The van der Waals surface area contributed by atoms with Crippen LogP contribution in [-0.4, -0.2) is 16.5 Å². The lowest BCUT2D eigenvalue weighted by atomic mass is 10.3. The lowest BCUT2D eigenvalue weighted by Gasteiger charge is -1.94. The van der Waals surface area contributed by atoms with Crippen molar-refractivity contribution in [3.63, 3.8) is 0 Å². The zero-order valence-corrected chi connectivity index (χ0v) is 11.3. The van der Waals surface area contributed by atoms with E-state index in [1.165, 1.54) is 9.75 Å². The zero-order valence-electron chi connectivity index (χ0n) is 9.70. The summed E-state index contributed by atoms with van der Waals surface area (Å²) in [6.07, 6.45) is 0.863. The molecule has 0 aliphatic heterocycles. The first kappa shape index (κ1) is 11.7. The molecule has 0 saturated carbocycles. The minimum absolute atomic E-state index is 0.660. The molecule has 0 aliphatic carbocycles. The Kier molecular flexibility index (Phi) is 3.37. The van der Waals surface area contributed by atoms with Crippen LogP contribution in [0.1, 0.15) is 20.6 Å². The summed E-state index contributed by atoms with van der Waals surface area (Å²) in [7, 11) is 0. The van der Waals surface area contributed by atoms with Gasteiger partial charge in [0.2, 0.25) is 0 Å².